The Labute approximate surface area is 231 Å². The summed E-state index contributed by atoms with van der Waals surface area (Å²) in [6, 6.07) is 0.419. The van der Waals surface area contributed by atoms with E-state index in [4.69, 9.17) is 21.7 Å². The molecule has 0 bridgehead atoms. The lowest BCUT2D eigenvalue weighted by atomic mass is 10.0. The van der Waals surface area contributed by atoms with Crippen LogP contribution in [0.4, 0.5) is 24.9 Å². The lowest BCUT2D eigenvalue weighted by Gasteiger charge is -2.32. The summed E-state index contributed by atoms with van der Waals surface area (Å²) in [5, 5.41) is 17.9. The van der Waals surface area contributed by atoms with Gasteiger partial charge in [-0.2, -0.15) is 23.3 Å². The molecule has 0 atom stereocenters. The van der Waals surface area contributed by atoms with Crippen LogP contribution < -0.4 is 15.4 Å². The summed E-state index contributed by atoms with van der Waals surface area (Å²) in [6.07, 6.45) is 5.45. The fourth-order valence-electron chi connectivity index (χ4n) is 4.61. The molecular weight excluding hydrogens is 551 g/mol. The minimum absolute atomic E-state index is 0.0497. The zero-order valence-electron chi connectivity index (χ0n) is 21.5. The van der Waals surface area contributed by atoms with Crippen LogP contribution in [-0.2, 0) is 18.0 Å². The summed E-state index contributed by atoms with van der Waals surface area (Å²) >= 11 is 6.63. The zero-order valence-corrected chi connectivity index (χ0v) is 22.2. The van der Waals surface area contributed by atoms with Gasteiger partial charge in [0, 0.05) is 39.3 Å². The number of pyridine rings is 1. The maximum absolute atomic E-state index is 13.9. The highest BCUT2D eigenvalue weighted by atomic mass is 35.5. The lowest BCUT2D eigenvalue weighted by molar-refractivity contribution is -0.146. The quantitative estimate of drug-likeness (QED) is 0.288. The number of nitrogens with one attached hydrogen (secondary N) is 3. The van der Waals surface area contributed by atoms with Gasteiger partial charge in [-0.1, -0.05) is 17.7 Å². The zero-order chi connectivity index (χ0) is 28.6. The standard InChI is InChI=1S/C25H25ClF3N9O2/c1-14(39)37-9-6-15(7-10-37)38-19(25(27,28)29)11-20(35-38)33-24-34-23-22(36(24)2)21(26)18(13-32-23)40-17(12-30)16-5-3-4-8-31-16/h3-5,8,11-13,15,30-31H,6-7,9-10H2,1-2H3,(H,32,33,34,35)/b17-16+,30-12?. The third-order valence-electron chi connectivity index (χ3n) is 6.65. The number of likely N-dealkylation sites (tertiary alicyclic amines) is 1. The molecule has 0 spiro atoms. The highest BCUT2D eigenvalue weighted by Crippen LogP contribution is 2.37. The molecule has 2 aliphatic rings. The van der Waals surface area contributed by atoms with Crippen LogP contribution in [0.25, 0.3) is 11.2 Å². The van der Waals surface area contributed by atoms with Crippen molar-refractivity contribution in [3.05, 3.63) is 58.9 Å². The van der Waals surface area contributed by atoms with Crippen LogP contribution >= 0.6 is 11.6 Å². The molecule has 210 valence electrons. The molecule has 1 saturated heterocycles. The largest absolute Gasteiger partial charge is 0.450 e. The third kappa shape index (κ3) is 5.26. The topological polar surface area (TPSA) is 126 Å². The van der Waals surface area contributed by atoms with Crippen molar-refractivity contribution in [1.82, 2.24) is 34.5 Å². The molecule has 40 heavy (non-hydrogen) atoms. The first-order valence-electron chi connectivity index (χ1n) is 12.3. The number of piperidine rings is 1. The van der Waals surface area contributed by atoms with Gasteiger partial charge in [-0.05, 0) is 25.0 Å². The maximum Gasteiger partial charge on any atom is 0.433 e. The van der Waals surface area contributed by atoms with Crippen LogP contribution in [0, 0.1) is 5.41 Å². The number of halogens is 4. The van der Waals surface area contributed by atoms with E-state index in [2.05, 4.69) is 25.7 Å². The highest BCUT2D eigenvalue weighted by Gasteiger charge is 2.38. The number of alkyl halides is 3. The first-order valence-corrected chi connectivity index (χ1v) is 12.7. The van der Waals surface area contributed by atoms with Crippen LogP contribution in [0.1, 0.15) is 31.5 Å². The molecule has 3 aromatic rings. The summed E-state index contributed by atoms with van der Waals surface area (Å²) in [6.45, 7) is 2.16. The van der Waals surface area contributed by atoms with Crippen molar-refractivity contribution in [3.63, 3.8) is 0 Å². The Morgan fingerprint density at radius 2 is 2.05 bits per heavy atom. The van der Waals surface area contributed by atoms with Crippen molar-refractivity contribution in [1.29, 1.82) is 5.41 Å². The maximum atomic E-state index is 13.9. The monoisotopic (exact) mass is 575 g/mol. The molecule has 0 aromatic carbocycles. The molecule has 2 aliphatic heterocycles. The molecule has 0 aliphatic carbocycles. The number of aromatic nitrogens is 5. The van der Waals surface area contributed by atoms with Gasteiger partial charge in [-0.15, -0.1) is 0 Å². The average molecular weight is 576 g/mol. The molecule has 5 heterocycles. The number of anilines is 2. The predicted octanol–water partition coefficient (Wildman–Crippen LogP) is 4.68. The number of carbonyl (C=O) groups is 1. The molecular formula is C25H25ClF3N9O2. The van der Waals surface area contributed by atoms with E-state index in [9.17, 15) is 18.0 Å². The molecule has 3 aromatic heterocycles. The van der Waals surface area contributed by atoms with E-state index in [0.29, 0.717) is 37.1 Å². The van der Waals surface area contributed by atoms with Gasteiger partial charge in [0.15, 0.2) is 23.0 Å². The molecule has 3 N–H and O–H groups in total. The second-order valence-corrected chi connectivity index (χ2v) is 9.59. The highest BCUT2D eigenvalue weighted by molar-refractivity contribution is 6.36. The van der Waals surface area contributed by atoms with Crippen LogP contribution in [-0.4, -0.2) is 54.4 Å². The number of amides is 1. The first-order chi connectivity index (χ1) is 19.1. The van der Waals surface area contributed by atoms with Crippen molar-refractivity contribution in [2.45, 2.75) is 32.0 Å². The smallest absolute Gasteiger partial charge is 0.433 e. The minimum Gasteiger partial charge on any atom is -0.450 e. The number of dihydropyridines is 1. The lowest BCUT2D eigenvalue weighted by Crippen LogP contribution is -2.38. The number of hydrogen-bond acceptors (Lipinski definition) is 8. The Hall–Kier alpha value is -4.33. The summed E-state index contributed by atoms with van der Waals surface area (Å²) in [7, 11) is 1.63. The number of ether oxygens (including phenoxy) is 1. The van der Waals surface area contributed by atoms with Crippen molar-refractivity contribution >= 4 is 46.7 Å². The van der Waals surface area contributed by atoms with Gasteiger partial charge in [0.25, 0.3) is 0 Å². The Kier molecular flexibility index (Phi) is 7.27. The van der Waals surface area contributed by atoms with E-state index >= 15 is 0 Å². The Morgan fingerprint density at radius 1 is 1.30 bits per heavy atom. The van der Waals surface area contributed by atoms with Crippen LogP contribution in [0.5, 0.6) is 5.75 Å². The number of carbonyl (C=O) groups excluding carboxylic acids is 1. The van der Waals surface area contributed by atoms with Gasteiger partial charge in [-0.25, -0.2) is 4.98 Å². The van der Waals surface area contributed by atoms with Gasteiger partial charge in [-0.3, -0.25) is 9.48 Å². The molecule has 1 amide bonds. The first kappa shape index (κ1) is 27.2. The van der Waals surface area contributed by atoms with Gasteiger partial charge >= 0.3 is 6.18 Å². The van der Waals surface area contributed by atoms with E-state index < -0.39 is 17.9 Å². The summed E-state index contributed by atoms with van der Waals surface area (Å²) in [5.41, 5.74) is 0.255. The van der Waals surface area contributed by atoms with E-state index in [1.54, 1.807) is 36.4 Å². The molecule has 0 saturated carbocycles. The third-order valence-corrected chi connectivity index (χ3v) is 7.02. The Morgan fingerprint density at radius 3 is 2.67 bits per heavy atom. The van der Waals surface area contributed by atoms with Gasteiger partial charge in [0.05, 0.1) is 24.2 Å². The number of aryl methyl sites for hydroxylation is 1. The molecule has 0 radical (unpaired) electrons. The Bertz CT molecular complexity index is 1560. The van der Waals surface area contributed by atoms with E-state index in [-0.39, 0.29) is 39.9 Å². The fraction of sp³-hybridized carbons (Fsp3) is 0.320. The molecule has 5 rings (SSSR count). The summed E-state index contributed by atoms with van der Waals surface area (Å²) in [5.74, 6) is 0.374. The van der Waals surface area contributed by atoms with Crippen molar-refractivity contribution in [3.8, 4) is 5.75 Å². The number of imidazole rings is 1. The van der Waals surface area contributed by atoms with Crippen molar-refractivity contribution in [2.75, 3.05) is 18.4 Å². The SMILES string of the molecule is CC(=O)N1CCC(n2nc(Nc3nc4ncc(O/C(C=N)=C5\C=CC=CN5)c(Cl)c4n3C)cc2C(F)(F)F)CC1. The van der Waals surface area contributed by atoms with Crippen LogP contribution in [0.2, 0.25) is 5.02 Å². The molecule has 1 fully saturated rings. The fourth-order valence-corrected chi connectivity index (χ4v) is 4.91. The average Bonchev–Trinajstić information content (AvgIpc) is 3.50. The minimum atomic E-state index is -4.63. The molecule has 15 heteroatoms. The predicted molar refractivity (Wildman–Crippen MR) is 142 cm³/mol. The molecule has 0 unspecified atom stereocenters. The van der Waals surface area contributed by atoms with Gasteiger partial charge in [0.2, 0.25) is 11.9 Å². The summed E-state index contributed by atoms with van der Waals surface area (Å²) in [4.78, 5) is 21.9. The summed E-state index contributed by atoms with van der Waals surface area (Å²) < 4.78 is 50.1. The number of rotatable bonds is 6. The van der Waals surface area contributed by atoms with E-state index in [1.165, 1.54) is 17.7 Å². The Balaban J connectivity index is 1.43. The number of hydrogen-bond donors (Lipinski definition) is 3. The van der Waals surface area contributed by atoms with Gasteiger partial charge in [0.1, 0.15) is 16.2 Å². The van der Waals surface area contributed by atoms with Gasteiger partial charge < -0.3 is 30.2 Å². The number of nitrogens with zero attached hydrogens (tertiary/aromatic N) is 6. The molecule has 11 nitrogen and oxygen atoms in total. The second-order valence-electron chi connectivity index (χ2n) is 9.21. The van der Waals surface area contributed by atoms with E-state index in [0.717, 1.165) is 17.0 Å². The number of fused-ring (bicyclic) bond motifs is 1. The number of allylic oxidation sites excluding steroid dienone is 4. The van der Waals surface area contributed by atoms with Crippen LogP contribution in [0.15, 0.2) is 48.1 Å². The van der Waals surface area contributed by atoms with Crippen molar-refractivity contribution in [2.24, 2.45) is 7.05 Å². The van der Waals surface area contributed by atoms with Crippen LogP contribution in [0.3, 0.4) is 0 Å². The normalized spacial score (nSPS) is 17.2. The second kappa shape index (κ2) is 10.7. The van der Waals surface area contributed by atoms with E-state index in [1.807, 2.05) is 0 Å². The van der Waals surface area contributed by atoms with Crippen molar-refractivity contribution < 1.29 is 22.7 Å².